The standard InChI is InChI=1S/C14H16N2O2/c1-8(15)16-13(18)9-4-5-11-10(6-9)7-12(17)14(11,2)3/h4-6H,7H2,1-3H3,(H2,15,16,18). The van der Waals surface area contributed by atoms with Gasteiger partial charge >= 0.3 is 0 Å². The largest absolute Gasteiger partial charge is 0.387 e. The molecule has 1 amide bonds. The summed E-state index contributed by atoms with van der Waals surface area (Å²) in [5.74, 6) is 0.0486. The number of amides is 1. The molecule has 1 aromatic rings. The molecule has 4 nitrogen and oxygen atoms in total. The SMILES string of the molecule is CC(N)=NC(=O)c1ccc2c(c1)CC(=O)C2(C)C. The first-order chi connectivity index (χ1) is 8.32. The number of hydrogen-bond donors (Lipinski definition) is 1. The Morgan fingerprint density at radius 1 is 1.39 bits per heavy atom. The molecule has 1 aromatic carbocycles. The van der Waals surface area contributed by atoms with Gasteiger partial charge in [-0.1, -0.05) is 6.07 Å². The minimum Gasteiger partial charge on any atom is -0.387 e. The van der Waals surface area contributed by atoms with Gasteiger partial charge in [0.2, 0.25) is 0 Å². The summed E-state index contributed by atoms with van der Waals surface area (Å²) in [6, 6.07) is 5.29. The molecule has 1 aliphatic rings. The highest BCUT2D eigenvalue weighted by Gasteiger charge is 2.37. The van der Waals surface area contributed by atoms with E-state index in [0.717, 1.165) is 11.1 Å². The molecule has 0 bridgehead atoms. The van der Waals surface area contributed by atoms with Gasteiger partial charge in [-0.3, -0.25) is 9.59 Å². The van der Waals surface area contributed by atoms with Crippen molar-refractivity contribution in [2.24, 2.45) is 10.7 Å². The second-order valence-electron chi connectivity index (χ2n) is 5.16. The van der Waals surface area contributed by atoms with Gasteiger partial charge in [0.05, 0.1) is 0 Å². The molecule has 4 heteroatoms. The third kappa shape index (κ3) is 1.94. The number of amidine groups is 1. The van der Waals surface area contributed by atoms with Crippen molar-refractivity contribution in [1.29, 1.82) is 0 Å². The molecule has 0 saturated heterocycles. The van der Waals surface area contributed by atoms with Crippen LogP contribution in [0.5, 0.6) is 0 Å². The third-order valence-electron chi connectivity index (χ3n) is 3.35. The van der Waals surface area contributed by atoms with Crippen LogP contribution in [0.3, 0.4) is 0 Å². The first-order valence-corrected chi connectivity index (χ1v) is 5.84. The number of hydrogen-bond acceptors (Lipinski definition) is 2. The van der Waals surface area contributed by atoms with Gasteiger partial charge < -0.3 is 5.73 Å². The van der Waals surface area contributed by atoms with Crippen LogP contribution in [0.15, 0.2) is 23.2 Å². The molecule has 0 fully saturated rings. The fourth-order valence-corrected chi connectivity index (χ4v) is 2.25. The average molecular weight is 244 g/mol. The molecular formula is C14H16N2O2. The van der Waals surface area contributed by atoms with Gasteiger partial charge in [-0.15, -0.1) is 0 Å². The molecule has 0 aliphatic heterocycles. The van der Waals surface area contributed by atoms with Crippen LogP contribution in [0.1, 0.15) is 42.3 Å². The summed E-state index contributed by atoms with van der Waals surface area (Å²) in [5, 5.41) is 0. The lowest BCUT2D eigenvalue weighted by molar-refractivity contribution is -0.121. The average Bonchev–Trinajstić information content (AvgIpc) is 2.48. The molecule has 0 unspecified atom stereocenters. The van der Waals surface area contributed by atoms with Gasteiger partial charge in [0.25, 0.3) is 5.91 Å². The van der Waals surface area contributed by atoms with Gasteiger partial charge in [0.15, 0.2) is 0 Å². The van der Waals surface area contributed by atoms with Crippen LogP contribution in [0.4, 0.5) is 0 Å². The van der Waals surface area contributed by atoms with E-state index in [9.17, 15) is 9.59 Å². The number of benzene rings is 1. The predicted octanol–water partition coefficient (Wildman–Crippen LogP) is 1.61. The molecule has 2 N–H and O–H groups in total. The Kier molecular flexibility index (Phi) is 2.81. The first-order valence-electron chi connectivity index (χ1n) is 5.84. The first kappa shape index (κ1) is 12.5. The summed E-state index contributed by atoms with van der Waals surface area (Å²) in [6.45, 7) is 5.38. The molecule has 0 radical (unpaired) electrons. The maximum atomic E-state index is 11.9. The second kappa shape index (κ2) is 4.05. The van der Waals surface area contributed by atoms with Crippen molar-refractivity contribution < 1.29 is 9.59 Å². The van der Waals surface area contributed by atoms with E-state index in [4.69, 9.17) is 5.73 Å². The maximum absolute atomic E-state index is 11.9. The smallest absolute Gasteiger partial charge is 0.278 e. The molecule has 0 aromatic heterocycles. The lowest BCUT2D eigenvalue weighted by Gasteiger charge is -2.16. The van der Waals surface area contributed by atoms with E-state index in [1.807, 2.05) is 19.9 Å². The summed E-state index contributed by atoms with van der Waals surface area (Å²) in [4.78, 5) is 27.3. The summed E-state index contributed by atoms with van der Waals surface area (Å²) in [7, 11) is 0. The number of rotatable bonds is 1. The number of carbonyl (C=O) groups excluding carboxylic acids is 2. The van der Waals surface area contributed by atoms with Gasteiger partial charge in [-0.05, 0) is 44.0 Å². The molecule has 94 valence electrons. The number of fused-ring (bicyclic) bond motifs is 1. The highest BCUT2D eigenvalue weighted by Crippen LogP contribution is 2.36. The van der Waals surface area contributed by atoms with Crippen LogP contribution >= 0.6 is 0 Å². The minimum atomic E-state index is -0.454. The van der Waals surface area contributed by atoms with Crippen LogP contribution in [0.2, 0.25) is 0 Å². The molecule has 18 heavy (non-hydrogen) atoms. The molecular weight excluding hydrogens is 228 g/mol. The van der Waals surface area contributed by atoms with Crippen LogP contribution in [-0.2, 0) is 16.6 Å². The minimum absolute atomic E-state index is 0.181. The summed E-state index contributed by atoms with van der Waals surface area (Å²) in [6.07, 6.45) is 0.384. The van der Waals surface area contributed by atoms with Crippen LogP contribution < -0.4 is 5.73 Å². The molecule has 0 heterocycles. The quantitative estimate of drug-likeness (QED) is 0.602. The molecule has 1 aliphatic carbocycles. The van der Waals surface area contributed by atoms with Gasteiger partial charge in [-0.2, -0.15) is 4.99 Å². The number of Topliss-reactive ketones (excluding diaryl/α,β-unsaturated/α-hetero) is 1. The van der Waals surface area contributed by atoms with E-state index >= 15 is 0 Å². The van der Waals surface area contributed by atoms with E-state index in [-0.39, 0.29) is 17.5 Å². The molecule has 0 saturated carbocycles. The van der Waals surface area contributed by atoms with E-state index in [1.165, 1.54) is 0 Å². The van der Waals surface area contributed by atoms with Crippen molar-refractivity contribution in [3.05, 3.63) is 34.9 Å². The number of nitrogens with two attached hydrogens (primary N) is 1. The van der Waals surface area contributed by atoms with Crippen molar-refractivity contribution in [2.75, 3.05) is 0 Å². The lowest BCUT2D eigenvalue weighted by atomic mass is 9.85. The lowest BCUT2D eigenvalue weighted by Crippen LogP contribution is -2.23. The fraction of sp³-hybridized carbons (Fsp3) is 0.357. The van der Waals surface area contributed by atoms with Gasteiger partial charge in [0, 0.05) is 17.4 Å². The maximum Gasteiger partial charge on any atom is 0.278 e. The highest BCUT2D eigenvalue weighted by molar-refractivity contribution is 6.03. The fourth-order valence-electron chi connectivity index (χ4n) is 2.25. The van der Waals surface area contributed by atoms with E-state index in [0.29, 0.717) is 12.0 Å². The van der Waals surface area contributed by atoms with Crippen molar-refractivity contribution in [3.8, 4) is 0 Å². The van der Waals surface area contributed by atoms with Gasteiger partial charge in [0.1, 0.15) is 11.6 Å². The number of carbonyl (C=O) groups is 2. The van der Waals surface area contributed by atoms with Crippen LogP contribution in [0.25, 0.3) is 0 Å². The third-order valence-corrected chi connectivity index (χ3v) is 3.35. The predicted molar refractivity (Wildman–Crippen MR) is 69.8 cm³/mol. The van der Waals surface area contributed by atoms with E-state index in [2.05, 4.69) is 4.99 Å². The van der Waals surface area contributed by atoms with Crippen molar-refractivity contribution in [3.63, 3.8) is 0 Å². The number of aliphatic imine (C=N–C) groups is 1. The number of nitrogens with zero attached hydrogens (tertiary/aromatic N) is 1. The second-order valence-corrected chi connectivity index (χ2v) is 5.16. The van der Waals surface area contributed by atoms with Crippen molar-refractivity contribution in [1.82, 2.24) is 0 Å². The molecule has 2 rings (SSSR count). The monoisotopic (exact) mass is 244 g/mol. The molecule has 0 spiro atoms. The van der Waals surface area contributed by atoms with Crippen LogP contribution in [0, 0.1) is 0 Å². The van der Waals surface area contributed by atoms with Gasteiger partial charge in [-0.25, -0.2) is 0 Å². The topological polar surface area (TPSA) is 72.5 Å². The summed E-state index contributed by atoms with van der Waals surface area (Å²) >= 11 is 0. The Labute approximate surface area is 106 Å². The van der Waals surface area contributed by atoms with E-state index < -0.39 is 5.41 Å². The Balaban J connectivity index is 2.43. The summed E-state index contributed by atoms with van der Waals surface area (Å²) in [5.41, 5.74) is 7.32. The zero-order chi connectivity index (χ0) is 13.5. The summed E-state index contributed by atoms with van der Waals surface area (Å²) < 4.78 is 0. The Morgan fingerprint density at radius 3 is 2.67 bits per heavy atom. The van der Waals surface area contributed by atoms with Crippen LogP contribution in [-0.4, -0.2) is 17.5 Å². The molecule has 0 atom stereocenters. The zero-order valence-corrected chi connectivity index (χ0v) is 10.8. The Bertz CT molecular complexity index is 567. The van der Waals surface area contributed by atoms with E-state index in [1.54, 1.807) is 19.1 Å². The van der Waals surface area contributed by atoms with Crippen molar-refractivity contribution >= 4 is 17.5 Å². The zero-order valence-electron chi connectivity index (χ0n) is 10.8. The number of ketones is 1. The normalized spacial score (nSPS) is 17.7. The van der Waals surface area contributed by atoms with Crippen molar-refractivity contribution in [2.45, 2.75) is 32.6 Å². The Hall–Kier alpha value is -1.97. The Morgan fingerprint density at radius 2 is 2.06 bits per heavy atom. The highest BCUT2D eigenvalue weighted by atomic mass is 16.1.